The van der Waals surface area contributed by atoms with E-state index in [-0.39, 0.29) is 12.6 Å². The van der Waals surface area contributed by atoms with Crippen LogP contribution >= 0.6 is 0 Å². The molecule has 0 aromatic carbocycles. The number of unbranched alkanes of at least 4 members (excludes halogenated alkanes) is 1. The summed E-state index contributed by atoms with van der Waals surface area (Å²) in [7, 11) is 0. The standard InChI is InChI=1S/C21H41N3O6/c1-19(2,3)28-16(25)22-13-11-10-12-15(24-18(27)30-21(7,8)9)14-23-17(26)29-20(4,5)6/h15H,10-14H2,1-9H3,(H,22,25)(H,23,26)(H,24,27). The van der Waals surface area contributed by atoms with Gasteiger partial charge in [0, 0.05) is 19.1 Å². The molecule has 0 aliphatic rings. The molecule has 0 rings (SSSR count). The Morgan fingerprint density at radius 3 is 1.57 bits per heavy atom. The molecular weight excluding hydrogens is 390 g/mol. The second-order valence-electron chi connectivity index (χ2n) is 10.2. The Morgan fingerprint density at radius 2 is 1.10 bits per heavy atom. The summed E-state index contributed by atoms with van der Waals surface area (Å²) in [4.78, 5) is 35.7. The van der Waals surface area contributed by atoms with Crippen LogP contribution in [0.25, 0.3) is 0 Å². The molecule has 0 aromatic heterocycles. The number of hydrogen-bond donors (Lipinski definition) is 3. The van der Waals surface area contributed by atoms with E-state index in [1.54, 1.807) is 62.3 Å². The maximum Gasteiger partial charge on any atom is 0.407 e. The van der Waals surface area contributed by atoms with Gasteiger partial charge in [0.25, 0.3) is 0 Å². The topological polar surface area (TPSA) is 115 Å². The van der Waals surface area contributed by atoms with E-state index in [0.717, 1.165) is 0 Å². The molecule has 0 saturated heterocycles. The molecule has 0 saturated carbocycles. The van der Waals surface area contributed by atoms with Crippen LogP contribution in [0.3, 0.4) is 0 Å². The van der Waals surface area contributed by atoms with Crippen molar-refractivity contribution in [3.05, 3.63) is 0 Å². The van der Waals surface area contributed by atoms with Gasteiger partial charge >= 0.3 is 18.3 Å². The molecule has 0 spiro atoms. The van der Waals surface area contributed by atoms with Gasteiger partial charge in [0.15, 0.2) is 0 Å². The normalized spacial score (nSPS) is 13.1. The molecule has 30 heavy (non-hydrogen) atoms. The van der Waals surface area contributed by atoms with Gasteiger partial charge in [-0.3, -0.25) is 0 Å². The first-order chi connectivity index (χ1) is 13.5. The quantitative estimate of drug-likeness (QED) is 0.394. The zero-order valence-corrected chi connectivity index (χ0v) is 20.1. The molecule has 3 amide bonds. The summed E-state index contributed by atoms with van der Waals surface area (Å²) in [5.41, 5.74) is -1.77. The molecule has 0 fully saturated rings. The van der Waals surface area contributed by atoms with Crippen molar-refractivity contribution in [1.82, 2.24) is 16.0 Å². The van der Waals surface area contributed by atoms with E-state index in [1.165, 1.54) is 0 Å². The number of hydrogen-bond acceptors (Lipinski definition) is 6. The number of rotatable bonds is 8. The summed E-state index contributed by atoms with van der Waals surface area (Å²) >= 11 is 0. The SMILES string of the molecule is CC(C)(C)OC(=O)NCCCCC(CNC(=O)OC(C)(C)C)NC(=O)OC(C)(C)C. The van der Waals surface area contributed by atoms with Crippen molar-refractivity contribution in [1.29, 1.82) is 0 Å². The molecule has 9 heteroatoms. The van der Waals surface area contributed by atoms with Crippen molar-refractivity contribution >= 4 is 18.3 Å². The number of alkyl carbamates (subject to hydrolysis) is 3. The summed E-state index contributed by atoms with van der Waals surface area (Å²) in [6.45, 7) is 16.7. The van der Waals surface area contributed by atoms with Gasteiger partial charge in [-0.2, -0.15) is 0 Å². The van der Waals surface area contributed by atoms with Gasteiger partial charge in [0.1, 0.15) is 16.8 Å². The van der Waals surface area contributed by atoms with E-state index in [4.69, 9.17) is 14.2 Å². The van der Waals surface area contributed by atoms with Crippen molar-refractivity contribution in [2.75, 3.05) is 13.1 Å². The Bertz CT molecular complexity index is 559. The highest BCUT2D eigenvalue weighted by atomic mass is 16.6. The second kappa shape index (κ2) is 11.9. The van der Waals surface area contributed by atoms with E-state index in [0.29, 0.717) is 25.8 Å². The highest BCUT2D eigenvalue weighted by Crippen LogP contribution is 2.10. The fourth-order valence-corrected chi connectivity index (χ4v) is 2.24. The summed E-state index contributed by atoms with van der Waals surface area (Å²) in [5.74, 6) is 0. The van der Waals surface area contributed by atoms with Crippen molar-refractivity contribution in [3.63, 3.8) is 0 Å². The number of carbonyl (C=O) groups excluding carboxylic acids is 3. The van der Waals surface area contributed by atoms with Crippen LogP contribution in [0, 0.1) is 0 Å². The summed E-state index contributed by atoms with van der Waals surface area (Å²) < 4.78 is 15.7. The van der Waals surface area contributed by atoms with Crippen LogP contribution in [0.2, 0.25) is 0 Å². The van der Waals surface area contributed by atoms with E-state index in [1.807, 2.05) is 0 Å². The van der Waals surface area contributed by atoms with Crippen LogP contribution in [0.4, 0.5) is 14.4 Å². The smallest absolute Gasteiger partial charge is 0.407 e. The van der Waals surface area contributed by atoms with Gasteiger partial charge in [0.2, 0.25) is 0 Å². The second-order valence-corrected chi connectivity index (χ2v) is 10.2. The Balaban J connectivity index is 4.53. The zero-order valence-electron chi connectivity index (χ0n) is 20.1. The van der Waals surface area contributed by atoms with Crippen molar-refractivity contribution in [3.8, 4) is 0 Å². The average Bonchev–Trinajstić information content (AvgIpc) is 2.46. The maximum absolute atomic E-state index is 12.1. The van der Waals surface area contributed by atoms with Gasteiger partial charge in [-0.05, 0) is 81.6 Å². The minimum atomic E-state index is -0.620. The molecule has 1 unspecified atom stereocenters. The monoisotopic (exact) mass is 431 g/mol. The number of carbonyl (C=O) groups is 3. The minimum absolute atomic E-state index is 0.202. The van der Waals surface area contributed by atoms with E-state index in [2.05, 4.69) is 16.0 Å². The van der Waals surface area contributed by atoms with Crippen LogP contribution in [0.1, 0.15) is 81.6 Å². The summed E-state index contributed by atoms with van der Waals surface area (Å²) in [5, 5.41) is 8.15. The van der Waals surface area contributed by atoms with Gasteiger partial charge < -0.3 is 30.2 Å². The Kier molecular flexibility index (Phi) is 11.0. The molecule has 0 aromatic rings. The third-order valence-corrected chi connectivity index (χ3v) is 3.26. The third-order valence-electron chi connectivity index (χ3n) is 3.26. The van der Waals surface area contributed by atoms with Gasteiger partial charge in [-0.25, -0.2) is 14.4 Å². The van der Waals surface area contributed by atoms with Crippen LogP contribution < -0.4 is 16.0 Å². The van der Waals surface area contributed by atoms with Crippen LogP contribution in [0.5, 0.6) is 0 Å². The van der Waals surface area contributed by atoms with E-state index in [9.17, 15) is 14.4 Å². The van der Waals surface area contributed by atoms with Crippen molar-refractivity contribution in [2.45, 2.75) is 104 Å². The largest absolute Gasteiger partial charge is 0.444 e. The lowest BCUT2D eigenvalue weighted by molar-refractivity contribution is 0.0460. The van der Waals surface area contributed by atoms with E-state index < -0.39 is 35.1 Å². The summed E-state index contributed by atoms with van der Waals surface area (Å²) in [6, 6.07) is -0.339. The van der Waals surface area contributed by atoms with Crippen LogP contribution in [-0.2, 0) is 14.2 Å². The van der Waals surface area contributed by atoms with Gasteiger partial charge in [0.05, 0.1) is 0 Å². The Morgan fingerprint density at radius 1 is 0.667 bits per heavy atom. The van der Waals surface area contributed by atoms with Gasteiger partial charge in [-0.1, -0.05) is 0 Å². The lowest BCUT2D eigenvalue weighted by atomic mass is 10.1. The third kappa shape index (κ3) is 17.9. The molecule has 0 aliphatic carbocycles. The number of ether oxygens (including phenoxy) is 3. The first-order valence-corrected chi connectivity index (χ1v) is 10.4. The first-order valence-electron chi connectivity index (χ1n) is 10.4. The maximum atomic E-state index is 12.1. The molecule has 9 nitrogen and oxygen atoms in total. The summed E-state index contributed by atoms with van der Waals surface area (Å²) in [6.07, 6.45) is 0.433. The predicted molar refractivity (Wildman–Crippen MR) is 115 cm³/mol. The van der Waals surface area contributed by atoms with Crippen LogP contribution in [-0.4, -0.2) is 54.2 Å². The van der Waals surface area contributed by atoms with Crippen molar-refractivity contribution < 1.29 is 28.6 Å². The Labute approximate surface area is 181 Å². The molecule has 0 bridgehead atoms. The fourth-order valence-electron chi connectivity index (χ4n) is 2.24. The first kappa shape index (κ1) is 27.8. The number of nitrogens with one attached hydrogen (secondary N) is 3. The predicted octanol–water partition coefficient (Wildman–Crippen LogP) is 4.10. The molecule has 0 aliphatic heterocycles. The molecule has 176 valence electrons. The molecular formula is C21H41N3O6. The Hall–Kier alpha value is -2.19. The van der Waals surface area contributed by atoms with Gasteiger partial charge in [-0.15, -0.1) is 0 Å². The van der Waals surface area contributed by atoms with E-state index >= 15 is 0 Å². The van der Waals surface area contributed by atoms with Crippen molar-refractivity contribution in [2.24, 2.45) is 0 Å². The fraction of sp³-hybridized carbons (Fsp3) is 0.857. The molecule has 1 atom stereocenters. The molecule has 0 radical (unpaired) electrons. The molecule has 3 N–H and O–H groups in total. The lowest BCUT2D eigenvalue weighted by Crippen LogP contribution is -2.46. The van der Waals surface area contributed by atoms with Crippen LogP contribution in [0.15, 0.2) is 0 Å². The number of amides is 3. The lowest BCUT2D eigenvalue weighted by Gasteiger charge is -2.25. The zero-order chi connectivity index (χ0) is 23.6. The minimum Gasteiger partial charge on any atom is -0.444 e. The highest BCUT2D eigenvalue weighted by molar-refractivity contribution is 5.69. The highest BCUT2D eigenvalue weighted by Gasteiger charge is 2.21. The molecule has 0 heterocycles. The average molecular weight is 432 g/mol.